The van der Waals surface area contributed by atoms with Crippen LogP contribution in [-0.2, 0) is 6.42 Å². The summed E-state index contributed by atoms with van der Waals surface area (Å²) in [6.45, 7) is 10.8. The molecule has 0 saturated heterocycles. The maximum Gasteiger partial charge on any atom is 0.251 e. The Morgan fingerprint density at radius 1 is 1.39 bits per heavy atom. The molecule has 1 aromatic rings. The summed E-state index contributed by atoms with van der Waals surface area (Å²) in [5.41, 5.74) is 2.47. The smallest absolute Gasteiger partial charge is 0.251 e. The Labute approximate surface area is 139 Å². The van der Waals surface area contributed by atoms with Crippen LogP contribution in [0.2, 0.25) is 0 Å². The third kappa shape index (κ3) is 4.31. The first kappa shape index (κ1) is 17.5. The second-order valence-corrected chi connectivity index (χ2v) is 7.52. The van der Waals surface area contributed by atoms with E-state index < -0.39 is 0 Å². The predicted octanol–water partition coefficient (Wildman–Crippen LogP) is 4.17. The molecule has 1 unspecified atom stereocenters. The second-order valence-electron chi connectivity index (χ2n) is 7.52. The molecule has 0 spiro atoms. The van der Waals surface area contributed by atoms with Gasteiger partial charge in [0.25, 0.3) is 5.91 Å². The minimum absolute atomic E-state index is 0.0131. The number of benzene rings is 1. The molecule has 0 aliphatic heterocycles. The standard InChI is InChI=1S/C20H27NO2/c1-5-7-14-10-11-15-16(18(14)22)8-6-9-17(15)19(23)21-13-12-20(2,3)4/h5-6,8-9,14H,1,7,10-13H2,2-4H3,(H,21,23). The molecule has 0 aromatic heterocycles. The van der Waals surface area contributed by atoms with Crippen LogP contribution in [0, 0.1) is 11.3 Å². The highest BCUT2D eigenvalue weighted by molar-refractivity contribution is 6.04. The molecule has 1 N–H and O–H groups in total. The van der Waals surface area contributed by atoms with Crippen molar-refractivity contribution in [3.8, 4) is 0 Å². The number of carbonyl (C=O) groups is 2. The van der Waals surface area contributed by atoms with Crippen molar-refractivity contribution in [3.05, 3.63) is 47.5 Å². The lowest BCUT2D eigenvalue weighted by Gasteiger charge is -2.24. The van der Waals surface area contributed by atoms with Gasteiger partial charge in [0.2, 0.25) is 0 Å². The molecule has 0 heterocycles. The Morgan fingerprint density at radius 3 is 2.78 bits per heavy atom. The minimum atomic E-state index is -0.0685. The molecule has 1 amide bonds. The van der Waals surface area contributed by atoms with Crippen molar-refractivity contribution in [2.45, 2.75) is 46.5 Å². The summed E-state index contributed by atoms with van der Waals surface area (Å²) < 4.78 is 0. The average Bonchev–Trinajstić information content (AvgIpc) is 2.48. The molecule has 3 heteroatoms. The van der Waals surface area contributed by atoms with Crippen LogP contribution in [-0.4, -0.2) is 18.2 Å². The molecular formula is C20H27NO2. The van der Waals surface area contributed by atoms with Crippen LogP contribution in [0.25, 0.3) is 0 Å². The number of nitrogens with one attached hydrogen (secondary N) is 1. The lowest BCUT2D eigenvalue weighted by atomic mass is 9.79. The fraction of sp³-hybridized carbons (Fsp3) is 0.500. The van der Waals surface area contributed by atoms with Crippen LogP contribution in [0.5, 0.6) is 0 Å². The topological polar surface area (TPSA) is 46.2 Å². The van der Waals surface area contributed by atoms with Crippen molar-refractivity contribution in [3.63, 3.8) is 0 Å². The summed E-state index contributed by atoms with van der Waals surface area (Å²) >= 11 is 0. The van der Waals surface area contributed by atoms with E-state index in [4.69, 9.17) is 0 Å². The summed E-state index contributed by atoms with van der Waals surface area (Å²) in [5.74, 6) is 0.0933. The summed E-state index contributed by atoms with van der Waals surface area (Å²) in [5, 5.41) is 2.99. The zero-order valence-corrected chi connectivity index (χ0v) is 14.4. The minimum Gasteiger partial charge on any atom is -0.352 e. The van der Waals surface area contributed by atoms with E-state index in [9.17, 15) is 9.59 Å². The Balaban J connectivity index is 2.15. The van der Waals surface area contributed by atoms with Crippen LogP contribution in [0.15, 0.2) is 30.9 Å². The number of hydrogen-bond acceptors (Lipinski definition) is 2. The van der Waals surface area contributed by atoms with Gasteiger partial charge >= 0.3 is 0 Å². The number of Topliss-reactive ketones (excluding diaryl/α,β-unsaturated/α-hetero) is 1. The van der Waals surface area contributed by atoms with Gasteiger partial charge in [0.15, 0.2) is 5.78 Å². The third-order valence-corrected chi connectivity index (χ3v) is 4.41. The van der Waals surface area contributed by atoms with Crippen LogP contribution in [0.1, 0.15) is 66.3 Å². The van der Waals surface area contributed by atoms with Gasteiger partial charge in [-0.1, -0.05) is 39.0 Å². The molecule has 1 aliphatic carbocycles. The van der Waals surface area contributed by atoms with E-state index in [-0.39, 0.29) is 23.0 Å². The molecule has 2 rings (SSSR count). The number of hydrogen-bond donors (Lipinski definition) is 1. The van der Waals surface area contributed by atoms with E-state index in [2.05, 4.69) is 32.7 Å². The highest BCUT2D eigenvalue weighted by Gasteiger charge is 2.29. The Kier molecular flexibility index (Phi) is 5.40. The first-order valence-electron chi connectivity index (χ1n) is 8.38. The number of carbonyl (C=O) groups excluding carboxylic acids is 2. The zero-order valence-electron chi connectivity index (χ0n) is 14.4. The van der Waals surface area contributed by atoms with Gasteiger partial charge < -0.3 is 5.32 Å². The van der Waals surface area contributed by atoms with Crippen LogP contribution >= 0.6 is 0 Å². The highest BCUT2D eigenvalue weighted by Crippen LogP contribution is 2.30. The molecule has 23 heavy (non-hydrogen) atoms. The van der Waals surface area contributed by atoms with Crippen LogP contribution in [0.3, 0.4) is 0 Å². The molecule has 0 bridgehead atoms. The fourth-order valence-corrected chi connectivity index (χ4v) is 3.04. The van der Waals surface area contributed by atoms with Crippen molar-refractivity contribution in [2.24, 2.45) is 11.3 Å². The summed E-state index contributed by atoms with van der Waals surface area (Å²) in [7, 11) is 0. The van der Waals surface area contributed by atoms with E-state index in [0.29, 0.717) is 24.1 Å². The molecular weight excluding hydrogens is 286 g/mol. The molecule has 1 aliphatic rings. The Morgan fingerprint density at radius 2 is 2.13 bits per heavy atom. The third-order valence-electron chi connectivity index (χ3n) is 4.41. The van der Waals surface area contributed by atoms with E-state index in [1.54, 1.807) is 6.08 Å². The van der Waals surface area contributed by atoms with E-state index in [1.165, 1.54) is 0 Å². The molecule has 0 fully saturated rings. The van der Waals surface area contributed by atoms with Crippen molar-refractivity contribution >= 4 is 11.7 Å². The SMILES string of the molecule is C=CCC1CCc2c(C(=O)NCCC(C)(C)C)cccc2C1=O. The molecule has 0 radical (unpaired) electrons. The lowest BCUT2D eigenvalue weighted by molar-refractivity contribution is 0.0902. The largest absolute Gasteiger partial charge is 0.352 e. The number of rotatable bonds is 5. The Hall–Kier alpha value is -1.90. The number of fused-ring (bicyclic) bond motifs is 1. The van der Waals surface area contributed by atoms with Crippen molar-refractivity contribution < 1.29 is 9.59 Å². The zero-order chi connectivity index (χ0) is 17.0. The van der Waals surface area contributed by atoms with Gasteiger partial charge in [-0.05, 0) is 42.7 Å². The van der Waals surface area contributed by atoms with Gasteiger partial charge in [-0.3, -0.25) is 9.59 Å². The molecule has 124 valence electrons. The summed E-state index contributed by atoms with van der Waals surface area (Å²) in [4.78, 5) is 25.0. The van der Waals surface area contributed by atoms with Gasteiger partial charge in [-0.25, -0.2) is 0 Å². The maximum atomic E-state index is 12.5. The molecule has 0 saturated carbocycles. The van der Waals surface area contributed by atoms with Crippen LogP contribution in [0.4, 0.5) is 0 Å². The number of ketones is 1. The van der Waals surface area contributed by atoms with E-state index >= 15 is 0 Å². The predicted molar refractivity (Wildman–Crippen MR) is 93.8 cm³/mol. The van der Waals surface area contributed by atoms with Crippen molar-refractivity contribution in [1.29, 1.82) is 0 Å². The average molecular weight is 313 g/mol. The molecule has 1 aromatic carbocycles. The van der Waals surface area contributed by atoms with Gasteiger partial charge in [-0.2, -0.15) is 0 Å². The van der Waals surface area contributed by atoms with Crippen LogP contribution < -0.4 is 5.32 Å². The summed E-state index contributed by atoms with van der Waals surface area (Å²) in [6, 6.07) is 5.48. The van der Waals surface area contributed by atoms with Crippen molar-refractivity contribution in [2.75, 3.05) is 6.54 Å². The lowest BCUT2D eigenvalue weighted by Crippen LogP contribution is -2.30. The first-order valence-corrected chi connectivity index (χ1v) is 8.38. The monoisotopic (exact) mass is 313 g/mol. The highest BCUT2D eigenvalue weighted by atomic mass is 16.1. The number of amides is 1. The molecule has 1 atom stereocenters. The quantitative estimate of drug-likeness (QED) is 0.829. The van der Waals surface area contributed by atoms with Gasteiger partial charge in [0.1, 0.15) is 0 Å². The fourth-order valence-electron chi connectivity index (χ4n) is 3.04. The first-order chi connectivity index (χ1) is 10.8. The normalized spacial score (nSPS) is 17.5. The van der Waals surface area contributed by atoms with Crippen molar-refractivity contribution in [1.82, 2.24) is 5.32 Å². The van der Waals surface area contributed by atoms with E-state index in [1.807, 2.05) is 18.2 Å². The van der Waals surface area contributed by atoms with Gasteiger partial charge in [0, 0.05) is 23.6 Å². The second kappa shape index (κ2) is 7.12. The summed E-state index contributed by atoms with van der Waals surface area (Å²) in [6.07, 6.45) is 5.01. The Bertz CT molecular complexity index is 611. The molecule has 3 nitrogen and oxygen atoms in total. The van der Waals surface area contributed by atoms with Gasteiger partial charge in [0.05, 0.1) is 0 Å². The van der Waals surface area contributed by atoms with Gasteiger partial charge in [-0.15, -0.1) is 6.58 Å². The maximum absolute atomic E-state index is 12.5. The van der Waals surface area contributed by atoms with E-state index in [0.717, 1.165) is 24.8 Å². The number of allylic oxidation sites excluding steroid dienone is 1.